The van der Waals surface area contributed by atoms with Crippen molar-refractivity contribution >= 4 is 44.0 Å². The maximum Gasteiger partial charge on any atom is 0.0584 e. The van der Waals surface area contributed by atoms with Gasteiger partial charge in [-0.3, -0.25) is 0 Å². The number of unbranched alkanes of at least 4 members (excludes halogenated alkanes) is 2. The molecule has 0 amide bonds. The van der Waals surface area contributed by atoms with E-state index < -0.39 is 10.0 Å². The summed E-state index contributed by atoms with van der Waals surface area (Å²) in [7, 11) is -1.19. The second-order valence-corrected chi connectivity index (χ2v) is 17.5. The summed E-state index contributed by atoms with van der Waals surface area (Å²) in [6.45, 7) is 16.6. The van der Waals surface area contributed by atoms with Crippen LogP contribution < -0.4 is 0 Å². The van der Waals surface area contributed by atoms with Crippen LogP contribution in [0.1, 0.15) is 103 Å². The molecular formula is C29H42S4. The van der Waals surface area contributed by atoms with Gasteiger partial charge < -0.3 is 0 Å². The van der Waals surface area contributed by atoms with Crippen LogP contribution in [0.2, 0.25) is 0 Å². The first-order valence-corrected chi connectivity index (χ1v) is 17.2. The van der Waals surface area contributed by atoms with Gasteiger partial charge in [0.05, 0.1) is 14.0 Å². The molecule has 4 rings (SSSR count). The molecular weight excluding hydrogens is 477 g/mol. The molecule has 0 N–H and O–H groups in total. The van der Waals surface area contributed by atoms with Gasteiger partial charge in [-0.2, -0.15) is 0 Å². The van der Waals surface area contributed by atoms with Crippen molar-refractivity contribution in [2.24, 2.45) is 5.92 Å². The Bertz CT molecular complexity index is 1040. The van der Waals surface area contributed by atoms with E-state index in [1.807, 2.05) is 11.3 Å². The standard InChI is InChI=1S/C29H42S4/c1-8-10-13-21(14-11-9-2)19-33(26-15-12-16-30-26)23-17-22(20(3)4)31-27(23)28-24(33)18-25(32-28)29(5,6)7/h12,15-18,20-21H,8-11,13-14,19H2,1-7H3. The SMILES string of the molecule is CCCCC(CCCC)CS1(c2cccs2)c2cc(C(C)C)sc2-c2sc(C(C)(C)C)cc21. The van der Waals surface area contributed by atoms with Crippen molar-refractivity contribution in [3.8, 4) is 9.75 Å². The maximum absolute atomic E-state index is 2.65. The minimum atomic E-state index is -1.19. The lowest BCUT2D eigenvalue weighted by Gasteiger charge is -2.39. The molecule has 33 heavy (non-hydrogen) atoms. The highest BCUT2D eigenvalue weighted by atomic mass is 32.3. The summed E-state index contributed by atoms with van der Waals surface area (Å²) in [6.07, 6.45) is 8.13. The van der Waals surface area contributed by atoms with Crippen LogP contribution in [0, 0.1) is 5.92 Å². The van der Waals surface area contributed by atoms with Gasteiger partial charge in [-0.15, -0.1) is 44.0 Å². The van der Waals surface area contributed by atoms with Gasteiger partial charge in [0.25, 0.3) is 0 Å². The third-order valence-corrected chi connectivity index (χ3v) is 16.1. The predicted octanol–water partition coefficient (Wildman–Crippen LogP) is 11.6. The van der Waals surface area contributed by atoms with E-state index in [4.69, 9.17) is 0 Å². The molecule has 0 saturated heterocycles. The topological polar surface area (TPSA) is 0 Å². The molecule has 0 aliphatic carbocycles. The van der Waals surface area contributed by atoms with Crippen molar-refractivity contribution in [3.63, 3.8) is 0 Å². The predicted molar refractivity (Wildman–Crippen MR) is 155 cm³/mol. The number of hydrogen-bond acceptors (Lipinski definition) is 3. The molecule has 4 heteroatoms. The zero-order chi connectivity index (χ0) is 23.8. The monoisotopic (exact) mass is 518 g/mol. The van der Waals surface area contributed by atoms with E-state index in [1.54, 1.807) is 33.5 Å². The highest BCUT2D eigenvalue weighted by Crippen LogP contribution is 2.80. The molecule has 0 spiro atoms. The third kappa shape index (κ3) is 4.79. The Morgan fingerprint density at radius 1 is 0.909 bits per heavy atom. The highest BCUT2D eigenvalue weighted by Gasteiger charge is 2.46. The molecule has 1 atom stereocenters. The maximum atomic E-state index is 2.65. The molecule has 0 aromatic carbocycles. The van der Waals surface area contributed by atoms with E-state index in [9.17, 15) is 0 Å². The molecule has 1 aliphatic heterocycles. The van der Waals surface area contributed by atoms with E-state index in [0.717, 1.165) is 5.92 Å². The van der Waals surface area contributed by atoms with Crippen molar-refractivity contribution in [3.05, 3.63) is 39.4 Å². The van der Waals surface area contributed by atoms with Crippen LogP contribution in [-0.2, 0) is 5.41 Å². The molecule has 4 heterocycles. The summed E-state index contributed by atoms with van der Waals surface area (Å²) < 4.78 is 1.65. The van der Waals surface area contributed by atoms with Crippen molar-refractivity contribution in [2.45, 2.75) is 112 Å². The normalized spacial score (nSPS) is 19.8. The summed E-state index contributed by atoms with van der Waals surface area (Å²) in [5.41, 5.74) is 0.206. The Kier molecular flexibility index (Phi) is 7.90. The first kappa shape index (κ1) is 25.5. The molecule has 3 aromatic heterocycles. The number of fused-ring (bicyclic) bond motifs is 3. The van der Waals surface area contributed by atoms with Gasteiger partial charge in [0.15, 0.2) is 0 Å². The summed E-state index contributed by atoms with van der Waals surface area (Å²) in [5, 5.41) is 2.32. The quantitative estimate of drug-likeness (QED) is 0.250. The average Bonchev–Trinajstić information content (AvgIpc) is 3.53. The number of thiophene rings is 3. The van der Waals surface area contributed by atoms with Crippen LogP contribution in [0.3, 0.4) is 0 Å². The number of hydrogen-bond donors (Lipinski definition) is 0. The van der Waals surface area contributed by atoms with Crippen molar-refractivity contribution in [1.82, 2.24) is 0 Å². The molecule has 1 unspecified atom stereocenters. The van der Waals surface area contributed by atoms with Crippen LogP contribution >= 0.6 is 44.0 Å². The lowest BCUT2D eigenvalue weighted by molar-refractivity contribution is 0.459. The summed E-state index contributed by atoms with van der Waals surface area (Å²) >= 11 is 6.21. The third-order valence-electron chi connectivity index (χ3n) is 6.94. The van der Waals surface area contributed by atoms with E-state index >= 15 is 0 Å². The van der Waals surface area contributed by atoms with Gasteiger partial charge in [0.1, 0.15) is 0 Å². The summed E-state index contributed by atoms with van der Waals surface area (Å²) in [5.74, 6) is 2.77. The van der Waals surface area contributed by atoms with E-state index in [-0.39, 0.29) is 5.41 Å². The smallest absolute Gasteiger partial charge is 0.0584 e. The number of rotatable bonds is 10. The highest BCUT2D eigenvalue weighted by molar-refractivity contribution is 8.35. The molecule has 3 aromatic rings. The Balaban J connectivity index is 1.93. The van der Waals surface area contributed by atoms with E-state index in [2.05, 4.69) is 101 Å². The Labute approximate surface area is 216 Å². The van der Waals surface area contributed by atoms with Gasteiger partial charge in [-0.25, -0.2) is 0 Å². The fourth-order valence-corrected chi connectivity index (χ4v) is 14.7. The van der Waals surface area contributed by atoms with Gasteiger partial charge >= 0.3 is 0 Å². The van der Waals surface area contributed by atoms with Crippen LogP contribution in [0.25, 0.3) is 9.75 Å². The molecule has 0 nitrogen and oxygen atoms in total. The van der Waals surface area contributed by atoms with Crippen molar-refractivity contribution < 1.29 is 0 Å². The Hall–Kier alpha value is -0.550. The summed E-state index contributed by atoms with van der Waals surface area (Å²) in [6, 6.07) is 10.1. The van der Waals surface area contributed by atoms with Crippen LogP contribution in [0.15, 0.2) is 43.6 Å². The van der Waals surface area contributed by atoms with Crippen molar-refractivity contribution in [1.29, 1.82) is 0 Å². The second kappa shape index (κ2) is 10.2. The second-order valence-electron chi connectivity index (χ2n) is 11.0. The van der Waals surface area contributed by atoms with Gasteiger partial charge in [-0.05, 0) is 59.4 Å². The molecule has 182 valence electrons. The molecule has 0 radical (unpaired) electrons. The van der Waals surface area contributed by atoms with Crippen LogP contribution in [0.4, 0.5) is 0 Å². The first-order chi connectivity index (χ1) is 15.7. The lowest BCUT2D eigenvalue weighted by atomic mass is 9.95. The Morgan fingerprint density at radius 2 is 1.55 bits per heavy atom. The fraction of sp³-hybridized carbons (Fsp3) is 0.586. The van der Waals surface area contributed by atoms with Gasteiger partial charge in [0.2, 0.25) is 0 Å². The van der Waals surface area contributed by atoms with E-state index in [0.29, 0.717) is 5.92 Å². The average molecular weight is 519 g/mol. The zero-order valence-corrected chi connectivity index (χ0v) is 24.9. The molecule has 0 bridgehead atoms. The fourth-order valence-electron chi connectivity index (χ4n) is 4.96. The lowest BCUT2D eigenvalue weighted by Crippen LogP contribution is -2.15. The molecule has 0 fully saturated rings. The molecule has 1 aliphatic rings. The Morgan fingerprint density at radius 3 is 2.09 bits per heavy atom. The van der Waals surface area contributed by atoms with Gasteiger partial charge in [-0.1, -0.05) is 80.2 Å². The largest absolute Gasteiger partial charge is 0.148 e. The zero-order valence-electron chi connectivity index (χ0n) is 21.6. The first-order valence-electron chi connectivity index (χ1n) is 12.8. The molecule has 0 saturated carbocycles. The van der Waals surface area contributed by atoms with Crippen LogP contribution in [-0.4, -0.2) is 5.75 Å². The van der Waals surface area contributed by atoms with Crippen molar-refractivity contribution in [2.75, 3.05) is 5.75 Å². The minimum absolute atomic E-state index is 0.206. The minimum Gasteiger partial charge on any atom is -0.148 e. The summed E-state index contributed by atoms with van der Waals surface area (Å²) in [4.78, 5) is 9.77. The van der Waals surface area contributed by atoms with Gasteiger partial charge in [0, 0.05) is 19.5 Å². The van der Waals surface area contributed by atoms with Crippen LogP contribution in [0.5, 0.6) is 0 Å². The van der Waals surface area contributed by atoms with E-state index in [1.165, 1.54) is 44.3 Å².